The van der Waals surface area contributed by atoms with Crippen molar-refractivity contribution in [1.29, 1.82) is 0 Å². The summed E-state index contributed by atoms with van der Waals surface area (Å²) in [6.07, 6.45) is 0. The van der Waals surface area contributed by atoms with E-state index >= 15 is 0 Å². The lowest BCUT2D eigenvalue weighted by Crippen LogP contribution is -2.41. The Hall–Kier alpha value is -1.85. The van der Waals surface area contributed by atoms with Crippen molar-refractivity contribution in [3.63, 3.8) is 0 Å². The van der Waals surface area contributed by atoms with Gasteiger partial charge in [-0.2, -0.15) is 0 Å². The van der Waals surface area contributed by atoms with Crippen LogP contribution in [0.25, 0.3) is 0 Å². The Balaban J connectivity index is 0.00000420. The molecule has 0 aliphatic carbocycles. The van der Waals surface area contributed by atoms with Crippen LogP contribution in [0.3, 0.4) is 0 Å². The fourth-order valence-electron chi connectivity index (χ4n) is 2.45. The number of hydrogen-bond acceptors (Lipinski definition) is 4. The third kappa shape index (κ3) is 8.58. The number of guanidine groups is 1. The summed E-state index contributed by atoms with van der Waals surface area (Å²) in [6, 6.07) is 14.5. The largest absolute Gasteiger partial charge is 0.497 e. The Bertz CT molecular complexity index is 887. The number of halogens is 1. The maximum absolute atomic E-state index is 12.3. The molecule has 160 valence electrons. The van der Waals surface area contributed by atoms with Gasteiger partial charge in [-0.15, -0.1) is 24.0 Å². The summed E-state index contributed by atoms with van der Waals surface area (Å²) in [5.41, 5.74) is 2.04. The van der Waals surface area contributed by atoms with Gasteiger partial charge in [-0.05, 0) is 43.7 Å². The standard InChI is InChI=1S/C20H28N4O3S.HI/c1-4-21-20(23-15-17-6-5-7-18(14-17)27-3)22-12-13-24-28(25,26)19-10-8-16(2)9-11-19;/h5-11,14,24H,4,12-13,15H2,1-3H3,(H2,21,22,23);1H. The molecule has 2 aromatic carbocycles. The van der Waals surface area contributed by atoms with Gasteiger partial charge in [-0.25, -0.2) is 18.1 Å². The summed E-state index contributed by atoms with van der Waals surface area (Å²) < 4.78 is 32.4. The van der Waals surface area contributed by atoms with Gasteiger partial charge in [0.25, 0.3) is 0 Å². The Morgan fingerprint density at radius 3 is 2.45 bits per heavy atom. The molecule has 0 aromatic heterocycles. The molecule has 0 radical (unpaired) electrons. The smallest absolute Gasteiger partial charge is 0.240 e. The number of benzene rings is 2. The van der Waals surface area contributed by atoms with Gasteiger partial charge in [-0.3, -0.25) is 0 Å². The molecular weight excluding hydrogens is 503 g/mol. The summed E-state index contributed by atoms with van der Waals surface area (Å²) in [6.45, 7) is 5.75. The van der Waals surface area contributed by atoms with Crippen LogP contribution < -0.4 is 20.1 Å². The molecule has 0 spiro atoms. The fourth-order valence-corrected chi connectivity index (χ4v) is 3.48. The molecule has 0 atom stereocenters. The quantitative estimate of drug-likeness (QED) is 0.200. The first-order chi connectivity index (χ1) is 13.4. The van der Waals surface area contributed by atoms with E-state index in [-0.39, 0.29) is 35.4 Å². The van der Waals surface area contributed by atoms with E-state index in [1.54, 1.807) is 31.4 Å². The summed E-state index contributed by atoms with van der Waals surface area (Å²) in [7, 11) is -1.88. The molecule has 2 aromatic rings. The molecule has 2 rings (SSSR count). The predicted molar refractivity (Wildman–Crippen MR) is 128 cm³/mol. The van der Waals surface area contributed by atoms with Crippen molar-refractivity contribution in [2.24, 2.45) is 4.99 Å². The number of hydrogen-bond donors (Lipinski definition) is 3. The number of methoxy groups -OCH3 is 1. The predicted octanol–water partition coefficient (Wildman–Crippen LogP) is 2.66. The molecule has 29 heavy (non-hydrogen) atoms. The van der Waals surface area contributed by atoms with E-state index in [0.717, 1.165) is 16.9 Å². The highest BCUT2D eigenvalue weighted by Crippen LogP contribution is 2.13. The molecule has 0 saturated carbocycles. The van der Waals surface area contributed by atoms with Crippen LogP contribution in [0.15, 0.2) is 58.4 Å². The van der Waals surface area contributed by atoms with E-state index in [1.807, 2.05) is 38.1 Å². The van der Waals surface area contributed by atoms with Gasteiger partial charge < -0.3 is 15.4 Å². The van der Waals surface area contributed by atoms with Crippen molar-refractivity contribution in [1.82, 2.24) is 15.4 Å². The van der Waals surface area contributed by atoms with Crippen molar-refractivity contribution < 1.29 is 13.2 Å². The molecule has 0 unspecified atom stereocenters. The van der Waals surface area contributed by atoms with Crippen molar-refractivity contribution in [2.75, 3.05) is 26.7 Å². The molecule has 0 aliphatic rings. The van der Waals surface area contributed by atoms with E-state index < -0.39 is 10.0 Å². The second-order valence-corrected chi connectivity index (χ2v) is 7.95. The molecule has 0 amide bonds. The minimum absolute atomic E-state index is 0. The summed E-state index contributed by atoms with van der Waals surface area (Å²) in [5.74, 6) is 1.41. The minimum Gasteiger partial charge on any atom is -0.497 e. The molecule has 7 nitrogen and oxygen atoms in total. The third-order valence-electron chi connectivity index (χ3n) is 3.94. The number of nitrogens with zero attached hydrogens (tertiary/aromatic N) is 1. The van der Waals surface area contributed by atoms with E-state index in [2.05, 4.69) is 20.3 Å². The molecule has 9 heteroatoms. The third-order valence-corrected chi connectivity index (χ3v) is 5.42. The van der Waals surface area contributed by atoms with E-state index in [0.29, 0.717) is 25.6 Å². The monoisotopic (exact) mass is 532 g/mol. The molecule has 3 N–H and O–H groups in total. The lowest BCUT2D eigenvalue weighted by Gasteiger charge is -2.12. The van der Waals surface area contributed by atoms with Gasteiger partial charge >= 0.3 is 0 Å². The van der Waals surface area contributed by atoms with Crippen LogP contribution in [-0.4, -0.2) is 41.1 Å². The Kier molecular flexibility index (Phi) is 11.0. The van der Waals surface area contributed by atoms with Crippen molar-refractivity contribution in [2.45, 2.75) is 25.3 Å². The van der Waals surface area contributed by atoms with Crippen LogP contribution >= 0.6 is 24.0 Å². The number of ether oxygens (including phenoxy) is 1. The van der Waals surface area contributed by atoms with Gasteiger partial charge in [-0.1, -0.05) is 29.8 Å². The lowest BCUT2D eigenvalue weighted by atomic mass is 10.2. The Morgan fingerprint density at radius 1 is 1.07 bits per heavy atom. The lowest BCUT2D eigenvalue weighted by molar-refractivity contribution is 0.414. The van der Waals surface area contributed by atoms with Crippen LogP contribution in [0.2, 0.25) is 0 Å². The molecule has 0 fully saturated rings. The first-order valence-corrected chi connectivity index (χ1v) is 10.6. The zero-order chi connectivity index (χ0) is 20.4. The summed E-state index contributed by atoms with van der Waals surface area (Å²) in [5, 5.41) is 6.28. The van der Waals surface area contributed by atoms with Crippen LogP contribution in [-0.2, 0) is 16.6 Å². The normalized spacial score (nSPS) is 11.5. The van der Waals surface area contributed by atoms with Gasteiger partial charge in [0.2, 0.25) is 10.0 Å². The van der Waals surface area contributed by atoms with Crippen LogP contribution in [0.4, 0.5) is 0 Å². The topological polar surface area (TPSA) is 91.8 Å². The first kappa shape index (κ1) is 25.2. The zero-order valence-electron chi connectivity index (χ0n) is 16.9. The highest BCUT2D eigenvalue weighted by Gasteiger charge is 2.12. The fraction of sp³-hybridized carbons (Fsp3) is 0.350. The van der Waals surface area contributed by atoms with E-state index in [4.69, 9.17) is 4.74 Å². The van der Waals surface area contributed by atoms with Crippen molar-refractivity contribution >= 4 is 40.0 Å². The van der Waals surface area contributed by atoms with Crippen LogP contribution in [0, 0.1) is 6.92 Å². The van der Waals surface area contributed by atoms with Crippen LogP contribution in [0.1, 0.15) is 18.1 Å². The average molecular weight is 532 g/mol. The SMILES string of the molecule is CCNC(=NCc1cccc(OC)c1)NCCNS(=O)(=O)c1ccc(C)cc1.I. The van der Waals surface area contributed by atoms with Crippen molar-refractivity contribution in [3.05, 3.63) is 59.7 Å². The average Bonchev–Trinajstić information content (AvgIpc) is 2.69. The zero-order valence-corrected chi connectivity index (χ0v) is 20.1. The Labute approximate surface area is 190 Å². The van der Waals surface area contributed by atoms with Gasteiger partial charge in [0.1, 0.15) is 5.75 Å². The number of rotatable bonds is 9. The minimum atomic E-state index is -3.51. The maximum Gasteiger partial charge on any atom is 0.240 e. The van der Waals surface area contributed by atoms with E-state index in [1.165, 1.54) is 0 Å². The summed E-state index contributed by atoms with van der Waals surface area (Å²) in [4.78, 5) is 4.78. The number of nitrogens with one attached hydrogen (secondary N) is 3. The van der Waals surface area contributed by atoms with Crippen molar-refractivity contribution in [3.8, 4) is 5.75 Å². The molecular formula is C20H29IN4O3S. The Morgan fingerprint density at radius 2 is 1.79 bits per heavy atom. The second-order valence-electron chi connectivity index (χ2n) is 6.18. The second kappa shape index (κ2) is 12.7. The van der Waals surface area contributed by atoms with Gasteiger partial charge in [0.15, 0.2) is 5.96 Å². The summed E-state index contributed by atoms with van der Waals surface area (Å²) >= 11 is 0. The number of aliphatic imine (C=N–C) groups is 1. The number of sulfonamides is 1. The number of aryl methyl sites for hydroxylation is 1. The maximum atomic E-state index is 12.3. The molecule has 0 bridgehead atoms. The first-order valence-electron chi connectivity index (χ1n) is 9.16. The molecule has 0 heterocycles. The molecule has 0 saturated heterocycles. The van der Waals surface area contributed by atoms with Gasteiger partial charge in [0.05, 0.1) is 18.6 Å². The highest BCUT2D eigenvalue weighted by molar-refractivity contribution is 14.0. The van der Waals surface area contributed by atoms with Crippen LogP contribution in [0.5, 0.6) is 5.75 Å². The van der Waals surface area contributed by atoms with E-state index in [9.17, 15) is 8.42 Å². The molecule has 0 aliphatic heterocycles. The highest BCUT2D eigenvalue weighted by atomic mass is 127. The van der Waals surface area contributed by atoms with Gasteiger partial charge in [0, 0.05) is 19.6 Å².